The number of esters is 1. The van der Waals surface area contributed by atoms with Crippen molar-refractivity contribution in [2.45, 2.75) is 58.4 Å². The molecule has 2 unspecified atom stereocenters. The lowest BCUT2D eigenvalue weighted by molar-refractivity contribution is -0.152. The van der Waals surface area contributed by atoms with Gasteiger partial charge in [0.05, 0.1) is 24.8 Å². The van der Waals surface area contributed by atoms with E-state index in [-0.39, 0.29) is 36.0 Å². The minimum Gasteiger partial charge on any atom is -0.466 e. The van der Waals surface area contributed by atoms with Gasteiger partial charge in [-0.3, -0.25) is 14.4 Å². The Kier molecular flexibility index (Phi) is 9.09. The van der Waals surface area contributed by atoms with Crippen LogP contribution in [0.5, 0.6) is 0 Å². The zero-order chi connectivity index (χ0) is 22.3. The van der Waals surface area contributed by atoms with Gasteiger partial charge in [-0.15, -0.1) is 0 Å². The molecule has 2 aliphatic rings. The zero-order valence-corrected chi connectivity index (χ0v) is 19.2. The van der Waals surface area contributed by atoms with E-state index in [2.05, 4.69) is 0 Å². The minimum atomic E-state index is -3.49. The van der Waals surface area contributed by atoms with Crippen molar-refractivity contribution >= 4 is 27.8 Å². The van der Waals surface area contributed by atoms with Gasteiger partial charge in [0.1, 0.15) is 6.04 Å². The van der Waals surface area contributed by atoms with E-state index >= 15 is 0 Å². The first-order valence-corrected chi connectivity index (χ1v) is 12.5. The fraction of sp³-hybridized carbons (Fsp3) is 0.850. The number of hydrogen-bond acceptors (Lipinski definition) is 6. The minimum absolute atomic E-state index is 0.0163. The molecule has 0 bridgehead atoms. The predicted molar refractivity (Wildman–Crippen MR) is 112 cm³/mol. The summed E-state index contributed by atoms with van der Waals surface area (Å²) in [5, 5.41) is 0. The Morgan fingerprint density at radius 2 is 1.80 bits per heavy atom. The van der Waals surface area contributed by atoms with Gasteiger partial charge in [0.25, 0.3) is 0 Å². The maximum absolute atomic E-state index is 13.0. The average molecular weight is 446 g/mol. The van der Waals surface area contributed by atoms with E-state index in [1.165, 1.54) is 16.3 Å². The van der Waals surface area contributed by atoms with E-state index in [0.29, 0.717) is 51.9 Å². The highest BCUT2D eigenvalue weighted by molar-refractivity contribution is 7.89. The quantitative estimate of drug-likeness (QED) is 0.513. The van der Waals surface area contributed by atoms with Crippen molar-refractivity contribution in [3.63, 3.8) is 0 Å². The summed E-state index contributed by atoms with van der Waals surface area (Å²) in [6.45, 7) is 4.89. The first-order valence-electron chi connectivity index (χ1n) is 10.9. The maximum Gasteiger partial charge on any atom is 0.310 e. The number of carbonyl (C=O) groups is 3. The summed E-state index contributed by atoms with van der Waals surface area (Å²) < 4.78 is 31.6. The molecule has 9 nitrogen and oxygen atoms in total. The smallest absolute Gasteiger partial charge is 0.310 e. The Morgan fingerprint density at radius 3 is 2.47 bits per heavy atom. The molecule has 172 valence electrons. The van der Waals surface area contributed by atoms with Gasteiger partial charge >= 0.3 is 5.97 Å². The first kappa shape index (κ1) is 24.6. The molecule has 0 radical (unpaired) electrons. The van der Waals surface area contributed by atoms with Crippen LogP contribution in [-0.4, -0.2) is 91.9 Å². The standard InChI is InChI=1S/C20H35N3O6S/c1-4-13-30(27,28)23-12-7-6-10-17(23)19(25)21(3)15-18(24)22-11-8-9-16(14-22)20(26)29-5-2/h16-17H,4-15H2,1-3H3. The molecule has 0 aromatic rings. The van der Waals surface area contributed by atoms with Crippen LogP contribution in [0.4, 0.5) is 0 Å². The molecular formula is C20H35N3O6S. The number of sulfonamides is 1. The lowest BCUT2D eigenvalue weighted by atomic mass is 9.98. The summed E-state index contributed by atoms with van der Waals surface area (Å²) in [4.78, 5) is 40.7. The van der Waals surface area contributed by atoms with Gasteiger partial charge in [-0.25, -0.2) is 8.42 Å². The number of likely N-dealkylation sites (tertiary alicyclic amines) is 1. The molecule has 2 fully saturated rings. The molecule has 2 saturated heterocycles. The Labute approximate surface area is 179 Å². The van der Waals surface area contributed by atoms with Crippen molar-refractivity contribution in [2.75, 3.05) is 45.6 Å². The molecule has 2 aliphatic heterocycles. The third-order valence-corrected chi connectivity index (χ3v) is 7.78. The van der Waals surface area contributed by atoms with Gasteiger partial charge in [-0.2, -0.15) is 4.31 Å². The van der Waals surface area contributed by atoms with E-state index in [1.54, 1.807) is 18.7 Å². The second-order valence-corrected chi connectivity index (χ2v) is 10.1. The van der Waals surface area contributed by atoms with Crippen LogP contribution in [0.1, 0.15) is 52.4 Å². The summed E-state index contributed by atoms with van der Waals surface area (Å²) in [6.07, 6.45) is 3.87. The molecule has 2 atom stereocenters. The Bertz CT molecular complexity index is 726. The fourth-order valence-electron chi connectivity index (χ4n) is 4.15. The van der Waals surface area contributed by atoms with Crippen LogP contribution in [0, 0.1) is 5.92 Å². The van der Waals surface area contributed by atoms with E-state index in [1.807, 2.05) is 0 Å². The van der Waals surface area contributed by atoms with Crippen LogP contribution in [0.25, 0.3) is 0 Å². The van der Waals surface area contributed by atoms with Gasteiger partial charge in [0.2, 0.25) is 21.8 Å². The monoisotopic (exact) mass is 445 g/mol. The Hall–Kier alpha value is -1.68. The molecule has 0 aliphatic carbocycles. The first-order chi connectivity index (χ1) is 14.2. The Morgan fingerprint density at radius 1 is 1.07 bits per heavy atom. The molecule has 10 heteroatoms. The number of piperidine rings is 2. The molecule has 0 saturated carbocycles. The third-order valence-electron chi connectivity index (χ3n) is 5.70. The highest BCUT2D eigenvalue weighted by atomic mass is 32.2. The molecule has 2 rings (SSSR count). The van der Waals surface area contributed by atoms with E-state index in [0.717, 1.165) is 12.8 Å². The summed E-state index contributed by atoms with van der Waals surface area (Å²) in [5.74, 6) is -1.20. The number of rotatable bonds is 8. The molecule has 2 heterocycles. The molecular weight excluding hydrogens is 410 g/mol. The highest BCUT2D eigenvalue weighted by Gasteiger charge is 2.38. The van der Waals surface area contributed by atoms with E-state index in [9.17, 15) is 22.8 Å². The summed E-state index contributed by atoms with van der Waals surface area (Å²) in [6, 6.07) is -0.748. The lowest BCUT2D eigenvalue weighted by Gasteiger charge is -2.36. The molecule has 0 spiro atoms. The molecule has 2 amide bonds. The molecule has 0 N–H and O–H groups in total. The van der Waals surface area contributed by atoms with Crippen LogP contribution in [0.3, 0.4) is 0 Å². The summed E-state index contributed by atoms with van der Waals surface area (Å²) >= 11 is 0. The fourth-order valence-corrected chi connectivity index (χ4v) is 5.89. The zero-order valence-electron chi connectivity index (χ0n) is 18.3. The van der Waals surface area contributed by atoms with Crippen molar-refractivity contribution in [3.8, 4) is 0 Å². The van der Waals surface area contributed by atoms with Crippen LogP contribution in [-0.2, 0) is 29.1 Å². The number of carbonyl (C=O) groups excluding carboxylic acids is 3. The second kappa shape index (κ2) is 11.1. The molecule has 0 aromatic carbocycles. The lowest BCUT2D eigenvalue weighted by Crippen LogP contribution is -2.54. The average Bonchev–Trinajstić information content (AvgIpc) is 2.73. The van der Waals surface area contributed by atoms with Crippen molar-refractivity contribution in [3.05, 3.63) is 0 Å². The highest BCUT2D eigenvalue weighted by Crippen LogP contribution is 2.23. The van der Waals surface area contributed by atoms with Crippen molar-refractivity contribution in [1.82, 2.24) is 14.1 Å². The van der Waals surface area contributed by atoms with Gasteiger partial charge in [-0.05, 0) is 39.0 Å². The van der Waals surface area contributed by atoms with Crippen molar-refractivity contribution < 1.29 is 27.5 Å². The van der Waals surface area contributed by atoms with Gasteiger partial charge in [-0.1, -0.05) is 13.3 Å². The number of ether oxygens (including phenoxy) is 1. The van der Waals surface area contributed by atoms with Crippen LogP contribution in [0.15, 0.2) is 0 Å². The normalized spacial score (nSPS) is 23.1. The third kappa shape index (κ3) is 6.16. The van der Waals surface area contributed by atoms with E-state index < -0.39 is 16.1 Å². The second-order valence-electron chi connectivity index (χ2n) is 8.06. The van der Waals surface area contributed by atoms with Crippen LogP contribution in [0.2, 0.25) is 0 Å². The number of likely N-dealkylation sites (N-methyl/N-ethyl adjacent to an activating group) is 1. The SMILES string of the molecule is CCCS(=O)(=O)N1CCCCC1C(=O)N(C)CC(=O)N1CCCC(C(=O)OCC)C1. The summed E-state index contributed by atoms with van der Waals surface area (Å²) in [7, 11) is -1.96. The summed E-state index contributed by atoms with van der Waals surface area (Å²) in [5.41, 5.74) is 0. The van der Waals surface area contributed by atoms with Gasteiger partial charge in [0.15, 0.2) is 0 Å². The number of hydrogen-bond donors (Lipinski definition) is 0. The molecule has 0 aromatic heterocycles. The van der Waals surface area contributed by atoms with Crippen LogP contribution < -0.4 is 0 Å². The Balaban J connectivity index is 2.00. The molecule has 30 heavy (non-hydrogen) atoms. The van der Waals surface area contributed by atoms with Crippen molar-refractivity contribution in [1.29, 1.82) is 0 Å². The number of nitrogens with zero attached hydrogens (tertiary/aromatic N) is 3. The van der Waals surface area contributed by atoms with Crippen molar-refractivity contribution in [2.24, 2.45) is 5.92 Å². The van der Waals surface area contributed by atoms with Gasteiger partial charge < -0.3 is 14.5 Å². The largest absolute Gasteiger partial charge is 0.466 e. The van der Waals surface area contributed by atoms with Crippen LogP contribution >= 0.6 is 0 Å². The van der Waals surface area contributed by atoms with E-state index in [4.69, 9.17) is 4.74 Å². The topological polar surface area (TPSA) is 104 Å². The number of amides is 2. The maximum atomic E-state index is 13.0. The predicted octanol–water partition coefficient (Wildman–Crippen LogP) is 0.841. The van der Waals surface area contributed by atoms with Gasteiger partial charge in [0, 0.05) is 26.7 Å².